The van der Waals surface area contributed by atoms with E-state index in [1.165, 1.54) is 7.11 Å². The Morgan fingerprint density at radius 2 is 2.27 bits per heavy atom. The standard InChI is InChI=1S/C7H15O7P/c1-11-5-3-7(8)14-6(5)4-13-15(9,10)12-2/h5-8H,3-4H2,1-2H3,(H,9,10)/p-1/t5?,6-,7-/m1/s1. The molecule has 0 spiro atoms. The number of phosphoric ester groups is 1. The minimum absolute atomic E-state index is 0.232. The summed E-state index contributed by atoms with van der Waals surface area (Å²) in [5.74, 6) is 0. The lowest BCUT2D eigenvalue weighted by atomic mass is 10.2. The monoisotopic (exact) mass is 241 g/mol. The minimum atomic E-state index is -4.25. The van der Waals surface area contributed by atoms with Gasteiger partial charge in [-0.1, -0.05) is 0 Å². The van der Waals surface area contributed by atoms with Gasteiger partial charge < -0.3 is 28.5 Å². The van der Waals surface area contributed by atoms with Gasteiger partial charge in [0.25, 0.3) is 7.82 Å². The van der Waals surface area contributed by atoms with Crippen molar-refractivity contribution in [3.8, 4) is 0 Å². The lowest BCUT2D eigenvalue weighted by Crippen LogP contribution is -2.28. The van der Waals surface area contributed by atoms with Crippen LogP contribution >= 0.6 is 7.82 Å². The first-order chi connectivity index (χ1) is 6.98. The maximum absolute atomic E-state index is 10.9. The number of hydrogen-bond donors (Lipinski definition) is 1. The SMILES string of the molecule is COC1C[C@H](O)O[C@@H]1COP(=O)([O-])OC. The maximum atomic E-state index is 10.9. The molecular weight excluding hydrogens is 227 g/mol. The van der Waals surface area contributed by atoms with E-state index in [1.54, 1.807) is 0 Å². The molecule has 7 nitrogen and oxygen atoms in total. The highest BCUT2D eigenvalue weighted by Gasteiger charge is 2.35. The molecule has 4 atom stereocenters. The molecule has 1 heterocycles. The van der Waals surface area contributed by atoms with Crippen LogP contribution in [0.2, 0.25) is 0 Å². The van der Waals surface area contributed by atoms with Crippen molar-refractivity contribution in [2.45, 2.75) is 24.9 Å². The van der Waals surface area contributed by atoms with E-state index in [1.807, 2.05) is 0 Å². The highest BCUT2D eigenvalue weighted by atomic mass is 31.2. The van der Waals surface area contributed by atoms with Crippen LogP contribution in [0.25, 0.3) is 0 Å². The first-order valence-corrected chi connectivity index (χ1v) is 5.82. The fourth-order valence-electron chi connectivity index (χ4n) is 1.31. The van der Waals surface area contributed by atoms with Crippen molar-refractivity contribution < 1.29 is 33.1 Å². The zero-order chi connectivity index (χ0) is 11.5. The molecule has 0 aromatic heterocycles. The topological polar surface area (TPSA) is 97.3 Å². The summed E-state index contributed by atoms with van der Waals surface area (Å²) in [6.45, 7) is -0.232. The van der Waals surface area contributed by atoms with Gasteiger partial charge in [0.05, 0.1) is 12.7 Å². The summed E-state index contributed by atoms with van der Waals surface area (Å²) in [6, 6.07) is 0. The van der Waals surface area contributed by atoms with E-state index in [9.17, 15) is 9.46 Å². The van der Waals surface area contributed by atoms with Crippen molar-refractivity contribution in [2.24, 2.45) is 0 Å². The van der Waals surface area contributed by atoms with Gasteiger partial charge in [-0.2, -0.15) is 0 Å². The molecule has 2 unspecified atom stereocenters. The van der Waals surface area contributed by atoms with Crippen LogP contribution in [-0.2, 0) is 23.1 Å². The third-order valence-electron chi connectivity index (χ3n) is 2.10. The summed E-state index contributed by atoms with van der Waals surface area (Å²) >= 11 is 0. The number of methoxy groups -OCH3 is 1. The van der Waals surface area contributed by atoms with E-state index >= 15 is 0 Å². The Bertz CT molecular complexity index is 245. The van der Waals surface area contributed by atoms with E-state index < -0.39 is 20.2 Å². The average Bonchev–Trinajstić information content (AvgIpc) is 2.56. The van der Waals surface area contributed by atoms with E-state index in [0.29, 0.717) is 6.42 Å². The number of rotatable bonds is 5. The number of aliphatic hydroxyl groups excluding tert-OH is 1. The van der Waals surface area contributed by atoms with Crippen LogP contribution in [0.3, 0.4) is 0 Å². The largest absolute Gasteiger partial charge is 0.756 e. The van der Waals surface area contributed by atoms with Crippen molar-refractivity contribution in [3.05, 3.63) is 0 Å². The van der Waals surface area contributed by atoms with Crippen molar-refractivity contribution in [3.63, 3.8) is 0 Å². The van der Waals surface area contributed by atoms with Crippen LogP contribution in [0.4, 0.5) is 0 Å². The summed E-state index contributed by atoms with van der Waals surface area (Å²) in [6.07, 6.45) is -1.64. The van der Waals surface area contributed by atoms with Crippen LogP contribution in [0.5, 0.6) is 0 Å². The summed E-state index contributed by atoms with van der Waals surface area (Å²) < 4.78 is 29.5. The Morgan fingerprint density at radius 3 is 2.80 bits per heavy atom. The fraction of sp³-hybridized carbons (Fsp3) is 1.00. The summed E-state index contributed by atoms with van der Waals surface area (Å²) in [4.78, 5) is 10.9. The second-order valence-corrected chi connectivity index (χ2v) is 4.58. The molecule has 0 radical (unpaired) electrons. The zero-order valence-corrected chi connectivity index (χ0v) is 9.38. The molecule has 0 aliphatic carbocycles. The van der Waals surface area contributed by atoms with Crippen molar-refractivity contribution in [1.82, 2.24) is 0 Å². The molecule has 1 saturated heterocycles. The predicted octanol–water partition coefficient (Wildman–Crippen LogP) is -0.760. The molecule has 90 valence electrons. The van der Waals surface area contributed by atoms with E-state index in [0.717, 1.165) is 7.11 Å². The van der Waals surface area contributed by atoms with Gasteiger partial charge >= 0.3 is 0 Å². The Kier molecular flexibility index (Phi) is 4.66. The fourth-order valence-corrected chi connectivity index (χ4v) is 1.74. The van der Waals surface area contributed by atoms with E-state index in [4.69, 9.17) is 14.6 Å². The maximum Gasteiger partial charge on any atom is 0.267 e. The quantitative estimate of drug-likeness (QED) is 0.632. The second-order valence-electron chi connectivity index (χ2n) is 3.06. The third-order valence-corrected chi connectivity index (χ3v) is 3.02. The lowest BCUT2D eigenvalue weighted by molar-refractivity contribution is -0.227. The highest BCUT2D eigenvalue weighted by molar-refractivity contribution is 7.45. The predicted molar refractivity (Wildman–Crippen MR) is 46.9 cm³/mol. The van der Waals surface area contributed by atoms with Gasteiger partial charge in [0.1, 0.15) is 6.10 Å². The normalized spacial score (nSPS) is 35.3. The molecule has 0 aromatic carbocycles. The van der Waals surface area contributed by atoms with Crippen LogP contribution in [0.15, 0.2) is 0 Å². The lowest BCUT2D eigenvalue weighted by Gasteiger charge is -2.23. The molecule has 1 fully saturated rings. The van der Waals surface area contributed by atoms with Crippen molar-refractivity contribution in [2.75, 3.05) is 20.8 Å². The van der Waals surface area contributed by atoms with Crippen molar-refractivity contribution >= 4 is 7.82 Å². The number of hydrogen-bond acceptors (Lipinski definition) is 7. The summed E-state index contributed by atoms with van der Waals surface area (Å²) in [7, 11) is -1.79. The zero-order valence-electron chi connectivity index (χ0n) is 8.49. The van der Waals surface area contributed by atoms with E-state index in [2.05, 4.69) is 9.05 Å². The first kappa shape index (κ1) is 13.1. The summed E-state index contributed by atoms with van der Waals surface area (Å²) in [5, 5.41) is 9.15. The molecule has 0 bridgehead atoms. The van der Waals surface area contributed by atoms with Gasteiger partial charge in [0.15, 0.2) is 6.29 Å². The summed E-state index contributed by atoms with van der Waals surface area (Å²) in [5.41, 5.74) is 0. The van der Waals surface area contributed by atoms with E-state index in [-0.39, 0.29) is 12.7 Å². The van der Waals surface area contributed by atoms with Gasteiger partial charge in [0, 0.05) is 20.6 Å². The number of ether oxygens (including phenoxy) is 2. The molecule has 0 aromatic rings. The van der Waals surface area contributed by atoms with Gasteiger partial charge in [-0.3, -0.25) is 4.57 Å². The minimum Gasteiger partial charge on any atom is -0.756 e. The molecule has 15 heavy (non-hydrogen) atoms. The number of phosphoric acid groups is 1. The van der Waals surface area contributed by atoms with Gasteiger partial charge in [-0.15, -0.1) is 0 Å². The Hall–Kier alpha value is -0.0100. The van der Waals surface area contributed by atoms with Crippen LogP contribution in [-0.4, -0.2) is 44.4 Å². The smallest absolute Gasteiger partial charge is 0.267 e. The Morgan fingerprint density at radius 1 is 1.60 bits per heavy atom. The molecular formula is C7H14O7P-. The first-order valence-electron chi connectivity index (χ1n) is 4.36. The van der Waals surface area contributed by atoms with Crippen LogP contribution < -0.4 is 4.89 Å². The van der Waals surface area contributed by atoms with Crippen molar-refractivity contribution in [1.29, 1.82) is 0 Å². The molecule has 1 aliphatic heterocycles. The molecule has 1 aliphatic rings. The molecule has 1 N–H and O–H groups in total. The van der Waals surface area contributed by atoms with Gasteiger partial charge in [0.2, 0.25) is 0 Å². The van der Waals surface area contributed by atoms with Gasteiger partial charge in [-0.05, 0) is 0 Å². The van der Waals surface area contributed by atoms with Crippen LogP contribution in [0.1, 0.15) is 6.42 Å². The van der Waals surface area contributed by atoms with Crippen LogP contribution in [0, 0.1) is 0 Å². The Labute approximate surface area is 87.5 Å². The Balaban J connectivity index is 2.41. The number of aliphatic hydroxyl groups is 1. The molecule has 0 amide bonds. The molecule has 1 rings (SSSR count). The third kappa shape index (κ3) is 3.81. The highest BCUT2D eigenvalue weighted by Crippen LogP contribution is 2.38. The second kappa shape index (κ2) is 5.36. The van der Waals surface area contributed by atoms with Gasteiger partial charge in [-0.25, -0.2) is 0 Å². The molecule has 0 saturated carbocycles. The molecule has 8 heteroatoms. The average molecular weight is 241 g/mol.